The zero-order valence-electron chi connectivity index (χ0n) is 11.0. The molecule has 0 aromatic carbocycles. The standard InChI is InChI=1S/C10H16N4O7/c1-20-7-4(6(17)5(16)3(2-15)21-7)11-8-12-9(18)14-10(19)13-8/h3-7,15-17H,2H2,1H3,(H3,11,12,13,14,18,19)/t3-,4?,5+,6-,7?/m1/s1. The number of nitrogens with one attached hydrogen (secondary N) is 3. The normalized spacial score (nSPS) is 32.9. The lowest BCUT2D eigenvalue weighted by Gasteiger charge is -2.41. The molecule has 1 fully saturated rings. The van der Waals surface area contributed by atoms with Gasteiger partial charge in [0.2, 0.25) is 5.95 Å². The van der Waals surface area contributed by atoms with Crippen molar-refractivity contribution in [3.05, 3.63) is 21.0 Å². The molecule has 21 heavy (non-hydrogen) atoms. The first-order valence-electron chi connectivity index (χ1n) is 6.08. The third-order valence-electron chi connectivity index (χ3n) is 3.08. The van der Waals surface area contributed by atoms with E-state index < -0.39 is 48.6 Å². The summed E-state index contributed by atoms with van der Waals surface area (Å²) in [5.41, 5.74) is -1.67. The zero-order chi connectivity index (χ0) is 15.6. The van der Waals surface area contributed by atoms with Gasteiger partial charge in [-0.05, 0) is 0 Å². The molecule has 1 aromatic rings. The molecule has 2 unspecified atom stereocenters. The van der Waals surface area contributed by atoms with E-state index in [-0.39, 0.29) is 5.95 Å². The average Bonchev–Trinajstić information content (AvgIpc) is 2.43. The van der Waals surface area contributed by atoms with E-state index in [1.165, 1.54) is 7.11 Å². The molecule has 0 spiro atoms. The molecule has 5 atom stereocenters. The lowest BCUT2D eigenvalue weighted by Crippen LogP contribution is -2.61. The first-order valence-corrected chi connectivity index (χ1v) is 6.08. The summed E-state index contributed by atoms with van der Waals surface area (Å²) in [6.45, 7) is -0.509. The molecule has 0 aliphatic carbocycles. The summed E-state index contributed by atoms with van der Waals surface area (Å²) in [5, 5.41) is 31.5. The Morgan fingerprint density at radius 3 is 2.62 bits per heavy atom. The Labute approximate surface area is 117 Å². The number of aromatic amines is 2. The molecule has 2 rings (SSSR count). The maximum atomic E-state index is 11.1. The van der Waals surface area contributed by atoms with E-state index in [0.29, 0.717) is 0 Å². The Morgan fingerprint density at radius 1 is 1.33 bits per heavy atom. The van der Waals surface area contributed by atoms with E-state index in [9.17, 15) is 19.8 Å². The van der Waals surface area contributed by atoms with Crippen LogP contribution in [0.1, 0.15) is 0 Å². The number of nitrogens with zero attached hydrogens (tertiary/aromatic N) is 1. The highest BCUT2D eigenvalue weighted by atomic mass is 16.7. The van der Waals surface area contributed by atoms with Crippen LogP contribution in [0.25, 0.3) is 0 Å². The van der Waals surface area contributed by atoms with Gasteiger partial charge in [-0.15, -0.1) is 0 Å². The smallest absolute Gasteiger partial charge is 0.352 e. The predicted molar refractivity (Wildman–Crippen MR) is 67.7 cm³/mol. The van der Waals surface area contributed by atoms with Gasteiger partial charge in [-0.25, -0.2) is 9.59 Å². The molecular weight excluding hydrogens is 288 g/mol. The molecule has 0 saturated carbocycles. The van der Waals surface area contributed by atoms with E-state index >= 15 is 0 Å². The minimum atomic E-state index is -1.38. The van der Waals surface area contributed by atoms with Gasteiger partial charge in [0.25, 0.3) is 0 Å². The summed E-state index contributed by atoms with van der Waals surface area (Å²) in [7, 11) is 1.30. The average molecular weight is 304 g/mol. The van der Waals surface area contributed by atoms with Crippen LogP contribution in [0.5, 0.6) is 0 Å². The van der Waals surface area contributed by atoms with E-state index in [1.807, 2.05) is 4.98 Å². The van der Waals surface area contributed by atoms with Crippen molar-refractivity contribution >= 4 is 5.95 Å². The van der Waals surface area contributed by atoms with Crippen LogP contribution < -0.4 is 16.7 Å². The number of aliphatic hydroxyl groups is 3. The highest BCUT2D eigenvalue weighted by Gasteiger charge is 2.44. The molecule has 11 nitrogen and oxygen atoms in total. The van der Waals surface area contributed by atoms with Crippen LogP contribution in [0.15, 0.2) is 9.59 Å². The third-order valence-corrected chi connectivity index (χ3v) is 3.08. The number of ether oxygens (including phenoxy) is 2. The van der Waals surface area contributed by atoms with Gasteiger partial charge in [0.1, 0.15) is 24.4 Å². The molecule has 1 aromatic heterocycles. The summed E-state index contributed by atoms with van der Waals surface area (Å²) in [6, 6.07) is -1.02. The van der Waals surface area contributed by atoms with Crippen LogP contribution in [-0.2, 0) is 9.47 Å². The first kappa shape index (κ1) is 15.6. The fourth-order valence-electron chi connectivity index (χ4n) is 2.06. The largest absolute Gasteiger partial charge is 0.394 e. The number of hydrogen-bond acceptors (Lipinski definition) is 9. The van der Waals surface area contributed by atoms with Crippen molar-refractivity contribution in [1.29, 1.82) is 0 Å². The molecule has 2 heterocycles. The Morgan fingerprint density at radius 2 is 2.05 bits per heavy atom. The van der Waals surface area contributed by atoms with Crippen LogP contribution in [-0.4, -0.2) is 74.6 Å². The van der Waals surface area contributed by atoms with Crippen molar-refractivity contribution in [3.63, 3.8) is 0 Å². The molecule has 0 radical (unpaired) electrons. The molecule has 1 aliphatic rings. The number of H-pyrrole nitrogens is 2. The lowest BCUT2D eigenvalue weighted by atomic mass is 9.97. The Kier molecular flexibility index (Phi) is 4.69. The lowest BCUT2D eigenvalue weighted by molar-refractivity contribution is -0.254. The van der Waals surface area contributed by atoms with Crippen molar-refractivity contribution in [1.82, 2.24) is 15.0 Å². The summed E-state index contributed by atoms with van der Waals surface area (Å²) in [6.07, 6.45) is -4.82. The van der Waals surface area contributed by atoms with Gasteiger partial charge in [0.15, 0.2) is 6.29 Å². The molecule has 0 bridgehead atoms. The van der Waals surface area contributed by atoms with Crippen molar-refractivity contribution in [2.24, 2.45) is 0 Å². The molecule has 11 heteroatoms. The fourth-order valence-corrected chi connectivity index (χ4v) is 2.06. The van der Waals surface area contributed by atoms with Crippen molar-refractivity contribution in [2.45, 2.75) is 30.6 Å². The monoisotopic (exact) mass is 304 g/mol. The summed E-state index contributed by atoms with van der Waals surface area (Å²) < 4.78 is 10.3. The number of anilines is 1. The summed E-state index contributed by atoms with van der Waals surface area (Å²) in [5.74, 6) is -0.215. The molecule has 0 amide bonds. The molecule has 1 saturated heterocycles. The van der Waals surface area contributed by atoms with Crippen molar-refractivity contribution in [2.75, 3.05) is 19.0 Å². The van der Waals surface area contributed by atoms with Gasteiger partial charge in [-0.1, -0.05) is 0 Å². The quantitative estimate of drug-likeness (QED) is 0.328. The Bertz CT molecular complexity index is 557. The minimum Gasteiger partial charge on any atom is -0.394 e. The second kappa shape index (κ2) is 6.32. The van der Waals surface area contributed by atoms with Crippen molar-refractivity contribution in [3.8, 4) is 0 Å². The second-order valence-corrected chi connectivity index (χ2v) is 4.46. The first-order chi connectivity index (χ1) is 9.96. The van der Waals surface area contributed by atoms with E-state index in [2.05, 4.69) is 15.3 Å². The minimum absolute atomic E-state index is 0.215. The third kappa shape index (κ3) is 3.28. The van der Waals surface area contributed by atoms with E-state index in [4.69, 9.17) is 14.6 Å². The maximum absolute atomic E-state index is 11.1. The maximum Gasteiger partial charge on any atom is 0.352 e. The van der Waals surface area contributed by atoms with Crippen molar-refractivity contribution < 1.29 is 24.8 Å². The highest BCUT2D eigenvalue weighted by molar-refractivity contribution is 5.25. The molecule has 6 N–H and O–H groups in total. The SMILES string of the molecule is COC1O[C@H](CO)[C@H](O)[C@H](O)C1Nc1nc(=O)[nH]c(=O)[nH]1. The fraction of sp³-hybridized carbons (Fsp3) is 0.700. The Hall–Kier alpha value is -1.79. The number of rotatable bonds is 4. The van der Waals surface area contributed by atoms with Crippen LogP contribution >= 0.6 is 0 Å². The number of aliphatic hydroxyl groups excluding tert-OH is 3. The molecule has 1 aliphatic heterocycles. The number of hydrogen-bond donors (Lipinski definition) is 6. The van der Waals surface area contributed by atoms with E-state index in [0.717, 1.165) is 0 Å². The molecular formula is C10H16N4O7. The van der Waals surface area contributed by atoms with Gasteiger partial charge < -0.3 is 30.1 Å². The van der Waals surface area contributed by atoms with Crippen LogP contribution in [0.3, 0.4) is 0 Å². The van der Waals surface area contributed by atoms with Crippen LogP contribution in [0, 0.1) is 0 Å². The second-order valence-electron chi connectivity index (χ2n) is 4.46. The molecule has 118 valence electrons. The predicted octanol–water partition coefficient (Wildman–Crippen LogP) is -3.68. The summed E-state index contributed by atoms with van der Waals surface area (Å²) >= 11 is 0. The zero-order valence-corrected chi connectivity index (χ0v) is 11.0. The van der Waals surface area contributed by atoms with Gasteiger partial charge in [-0.3, -0.25) is 9.97 Å². The Balaban J connectivity index is 2.23. The topological polar surface area (TPSA) is 170 Å². The van der Waals surface area contributed by atoms with Gasteiger partial charge in [0, 0.05) is 7.11 Å². The van der Waals surface area contributed by atoms with E-state index in [1.54, 1.807) is 0 Å². The van der Waals surface area contributed by atoms with Crippen LogP contribution in [0.4, 0.5) is 5.95 Å². The number of methoxy groups -OCH3 is 1. The number of aromatic nitrogens is 3. The van der Waals surface area contributed by atoms with Gasteiger partial charge in [0.05, 0.1) is 6.61 Å². The van der Waals surface area contributed by atoms with Crippen LogP contribution in [0.2, 0.25) is 0 Å². The summed E-state index contributed by atoms with van der Waals surface area (Å²) in [4.78, 5) is 29.8. The van der Waals surface area contributed by atoms with Gasteiger partial charge in [-0.2, -0.15) is 4.98 Å². The highest BCUT2D eigenvalue weighted by Crippen LogP contribution is 2.23. The van der Waals surface area contributed by atoms with Gasteiger partial charge >= 0.3 is 11.4 Å².